The molecule has 8 nitrogen and oxygen atoms in total. The summed E-state index contributed by atoms with van der Waals surface area (Å²) >= 11 is 0. The van der Waals surface area contributed by atoms with Crippen molar-refractivity contribution in [2.45, 2.75) is 13.5 Å². The Balaban J connectivity index is 1.39. The quantitative estimate of drug-likeness (QED) is 0.317. The number of carbonyl (C=O) groups is 1. The van der Waals surface area contributed by atoms with E-state index in [0.29, 0.717) is 28.0 Å². The van der Waals surface area contributed by atoms with Crippen LogP contribution in [0.3, 0.4) is 0 Å². The molecule has 5 rings (SSSR count). The van der Waals surface area contributed by atoms with Gasteiger partial charge in [0.25, 0.3) is 0 Å². The van der Waals surface area contributed by atoms with E-state index in [2.05, 4.69) is 20.1 Å². The first-order valence-corrected chi connectivity index (χ1v) is 11.2. The number of fused-ring (bicyclic) bond motifs is 1. The standard InChI is InChI=1S/C27H23N5O3/c1-3-34-27(33)21-15-24-23(5-4-12-29-24)30-25(21)17-35-20-8-6-19(7-9-20)26-22(16-32(2)31-26)18-10-13-28-14-11-18/h4-16H,3,17H2,1-2H3. The molecule has 0 amide bonds. The molecule has 4 heterocycles. The fourth-order valence-electron chi connectivity index (χ4n) is 3.84. The SMILES string of the molecule is CCOC(=O)c1cc2ncccc2nc1COc1ccc(-c2nn(C)cc2-c2ccncc2)cc1. The Bertz CT molecular complexity index is 1480. The van der Waals surface area contributed by atoms with Gasteiger partial charge in [-0.15, -0.1) is 0 Å². The van der Waals surface area contributed by atoms with Crippen LogP contribution in [0, 0.1) is 0 Å². The van der Waals surface area contributed by atoms with E-state index in [1.165, 1.54) is 0 Å². The Morgan fingerprint density at radius 3 is 2.54 bits per heavy atom. The molecule has 0 spiro atoms. The van der Waals surface area contributed by atoms with Gasteiger partial charge in [-0.25, -0.2) is 9.78 Å². The van der Waals surface area contributed by atoms with E-state index in [1.807, 2.05) is 55.7 Å². The van der Waals surface area contributed by atoms with Crippen molar-refractivity contribution < 1.29 is 14.3 Å². The van der Waals surface area contributed by atoms with Crippen LogP contribution in [0.4, 0.5) is 0 Å². The molecule has 0 saturated carbocycles. The molecular weight excluding hydrogens is 442 g/mol. The molecule has 0 fully saturated rings. The minimum Gasteiger partial charge on any atom is -0.487 e. The summed E-state index contributed by atoms with van der Waals surface area (Å²) in [6.07, 6.45) is 7.19. The van der Waals surface area contributed by atoms with E-state index in [9.17, 15) is 4.79 Å². The van der Waals surface area contributed by atoms with Crippen LogP contribution in [0.2, 0.25) is 0 Å². The molecule has 1 aromatic carbocycles. The maximum Gasteiger partial charge on any atom is 0.340 e. The monoisotopic (exact) mass is 465 g/mol. The van der Waals surface area contributed by atoms with Crippen LogP contribution in [0.1, 0.15) is 23.0 Å². The highest BCUT2D eigenvalue weighted by Gasteiger charge is 2.17. The molecular formula is C27H23N5O3. The smallest absolute Gasteiger partial charge is 0.340 e. The van der Waals surface area contributed by atoms with Crippen LogP contribution >= 0.6 is 0 Å². The molecule has 0 bridgehead atoms. The number of benzene rings is 1. The zero-order valence-corrected chi connectivity index (χ0v) is 19.4. The Labute approximate surface area is 202 Å². The summed E-state index contributed by atoms with van der Waals surface area (Å²) in [7, 11) is 1.90. The fourth-order valence-corrected chi connectivity index (χ4v) is 3.84. The highest BCUT2D eigenvalue weighted by atomic mass is 16.5. The molecule has 0 saturated heterocycles. The molecule has 0 unspecified atom stereocenters. The number of nitrogens with zero attached hydrogens (tertiary/aromatic N) is 5. The number of aromatic nitrogens is 5. The van der Waals surface area contributed by atoms with Crippen LogP contribution < -0.4 is 4.74 Å². The average molecular weight is 466 g/mol. The Morgan fingerprint density at radius 1 is 0.971 bits per heavy atom. The molecule has 0 radical (unpaired) electrons. The third kappa shape index (κ3) is 4.72. The number of ether oxygens (including phenoxy) is 2. The van der Waals surface area contributed by atoms with E-state index in [-0.39, 0.29) is 13.2 Å². The van der Waals surface area contributed by atoms with Crippen molar-refractivity contribution in [1.29, 1.82) is 0 Å². The maximum atomic E-state index is 12.5. The van der Waals surface area contributed by atoms with Gasteiger partial charge < -0.3 is 9.47 Å². The summed E-state index contributed by atoms with van der Waals surface area (Å²) in [5.41, 5.74) is 6.08. The van der Waals surface area contributed by atoms with Gasteiger partial charge in [0.05, 0.1) is 28.9 Å². The number of rotatable bonds is 7. The molecule has 0 atom stereocenters. The molecule has 8 heteroatoms. The molecule has 0 aliphatic rings. The number of pyridine rings is 3. The minimum atomic E-state index is -0.444. The van der Waals surface area contributed by atoms with Gasteiger partial charge in [0.15, 0.2) is 0 Å². The predicted molar refractivity (Wildman–Crippen MR) is 132 cm³/mol. The third-order valence-corrected chi connectivity index (χ3v) is 5.48. The number of hydrogen-bond donors (Lipinski definition) is 0. The molecule has 174 valence electrons. The lowest BCUT2D eigenvalue weighted by Gasteiger charge is -2.11. The van der Waals surface area contributed by atoms with Crippen molar-refractivity contribution in [3.8, 4) is 28.1 Å². The molecule has 5 aromatic rings. The van der Waals surface area contributed by atoms with Gasteiger partial charge in [-0.3, -0.25) is 14.6 Å². The first-order valence-electron chi connectivity index (χ1n) is 11.2. The molecule has 0 aliphatic carbocycles. The van der Waals surface area contributed by atoms with E-state index in [4.69, 9.17) is 9.47 Å². The second-order valence-corrected chi connectivity index (χ2v) is 7.86. The summed E-state index contributed by atoms with van der Waals surface area (Å²) in [4.78, 5) is 25.5. The lowest BCUT2D eigenvalue weighted by Crippen LogP contribution is -2.12. The van der Waals surface area contributed by atoms with Gasteiger partial charge in [-0.05, 0) is 67.1 Å². The van der Waals surface area contributed by atoms with Crippen LogP contribution in [0.15, 0.2) is 79.4 Å². The van der Waals surface area contributed by atoms with Crippen molar-refractivity contribution in [1.82, 2.24) is 24.7 Å². The number of esters is 1. The van der Waals surface area contributed by atoms with Gasteiger partial charge in [-0.1, -0.05) is 0 Å². The lowest BCUT2D eigenvalue weighted by atomic mass is 10.0. The van der Waals surface area contributed by atoms with Crippen LogP contribution in [0.5, 0.6) is 5.75 Å². The van der Waals surface area contributed by atoms with E-state index < -0.39 is 5.97 Å². The minimum absolute atomic E-state index is 0.115. The second-order valence-electron chi connectivity index (χ2n) is 7.86. The van der Waals surface area contributed by atoms with Gasteiger partial charge in [0.2, 0.25) is 0 Å². The van der Waals surface area contributed by atoms with E-state index in [0.717, 1.165) is 22.4 Å². The predicted octanol–water partition coefficient (Wildman–Crippen LogP) is 4.85. The third-order valence-electron chi connectivity index (χ3n) is 5.48. The highest BCUT2D eigenvalue weighted by Crippen LogP contribution is 2.31. The summed E-state index contributed by atoms with van der Waals surface area (Å²) in [5.74, 6) is 0.207. The van der Waals surface area contributed by atoms with Crippen molar-refractivity contribution in [3.05, 3.63) is 90.6 Å². The molecule has 0 N–H and O–H groups in total. The molecule has 35 heavy (non-hydrogen) atoms. The average Bonchev–Trinajstić information content (AvgIpc) is 3.29. The van der Waals surface area contributed by atoms with Crippen molar-refractivity contribution in [2.75, 3.05) is 6.61 Å². The number of hydrogen-bond acceptors (Lipinski definition) is 7. The van der Waals surface area contributed by atoms with Crippen molar-refractivity contribution in [3.63, 3.8) is 0 Å². The summed E-state index contributed by atoms with van der Waals surface area (Å²) in [5, 5.41) is 4.65. The zero-order valence-electron chi connectivity index (χ0n) is 19.4. The van der Waals surface area contributed by atoms with Gasteiger partial charge in [0.1, 0.15) is 18.1 Å². The second kappa shape index (κ2) is 9.72. The van der Waals surface area contributed by atoms with Gasteiger partial charge >= 0.3 is 5.97 Å². The number of aryl methyl sites for hydroxylation is 1. The lowest BCUT2D eigenvalue weighted by molar-refractivity contribution is 0.0523. The first kappa shape index (κ1) is 22.2. The Kier molecular flexibility index (Phi) is 6.17. The van der Waals surface area contributed by atoms with Gasteiger partial charge in [0, 0.05) is 43.0 Å². The Hall–Kier alpha value is -4.59. The van der Waals surface area contributed by atoms with Crippen LogP contribution in [-0.2, 0) is 18.4 Å². The normalized spacial score (nSPS) is 10.9. The highest BCUT2D eigenvalue weighted by molar-refractivity contribution is 5.94. The summed E-state index contributed by atoms with van der Waals surface area (Å²) in [6, 6.07) is 17.0. The van der Waals surface area contributed by atoms with Crippen LogP contribution in [-0.4, -0.2) is 37.3 Å². The van der Waals surface area contributed by atoms with Crippen LogP contribution in [0.25, 0.3) is 33.4 Å². The topological polar surface area (TPSA) is 92.0 Å². The van der Waals surface area contributed by atoms with Gasteiger partial charge in [-0.2, -0.15) is 5.10 Å². The zero-order chi connectivity index (χ0) is 24.2. The fraction of sp³-hybridized carbons (Fsp3) is 0.148. The molecule has 0 aliphatic heterocycles. The number of carbonyl (C=O) groups excluding carboxylic acids is 1. The van der Waals surface area contributed by atoms with Crippen molar-refractivity contribution in [2.24, 2.45) is 7.05 Å². The summed E-state index contributed by atoms with van der Waals surface area (Å²) < 4.78 is 13.0. The van der Waals surface area contributed by atoms with Crippen molar-refractivity contribution >= 4 is 17.0 Å². The maximum absolute atomic E-state index is 12.5. The Morgan fingerprint density at radius 2 is 1.77 bits per heavy atom. The largest absolute Gasteiger partial charge is 0.487 e. The molecule has 4 aromatic heterocycles. The first-order chi connectivity index (χ1) is 17.1. The van der Waals surface area contributed by atoms with E-state index >= 15 is 0 Å². The van der Waals surface area contributed by atoms with E-state index in [1.54, 1.807) is 42.3 Å². The summed E-state index contributed by atoms with van der Waals surface area (Å²) in [6.45, 7) is 2.16.